The molecule has 0 radical (unpaired) electrons. The van der Waals surface area contributed by atoms with Crippen molar-refractivity contribution in [2.45, 2.75) is 6.42 Å². The van der Waals surface area contributed by atoms with Crippen LogP contribution in [0.5, 0.6) is 11.5 Å². The number of ether oxygens (including phenoxy) is 2. The monoisotopic (exact) mass is 339 g/mol. The van der Waals surface area contributed by atoms with E-state index in [1.54, 1.807) is 19.2 Å². The minimum atomic E-state index is -0.272. The number of nitrogens with zero attached hydrogens (tertiary/aromatic N) is 2. The Balaban J connectivity index is 1.55. The normalized spacial score (nSPS) is 10.3. The first-order chi connectivity index (χ1) is 12.3. The molecule has 1 N–H and O–H groups in total. The third kappa shape index (κ3) is 4.35. The van der Waals surface area contributed by atoms with Crippen molar-refractivity contribution in [3.05, 3.63) is 54.6 Å². The number of hydrogen-bond acceptors (Lipinski definition) is 6. The fraction of sp³-hybridized carbons (Fsp3) is 0.167. The highest BCUT2D eigenvalue weighted by Crippen LogP contribution is 2.29. The van der Waals surface area contributed by atoms with Crippen LogP contribution in [0.15, 0.2) is 59.0 Å². The van der Waals surface area contributed by atoms with Gasteiger partial charge in [0.15, 0.2) is 0 Å². The van der Waals surface area contributed by atoms with Gasteiger partial charge in [-0.25, -0.2) is 0 Å². The van der Waals surface area contributed by atoms with Gasteiger partial charge in [-0.1, -0.05) is 35.4 Å². The summed E-state index contributed by atoms with van der Waals surface area (Å²) < 4.78 is 16.2. The van der Waals surface area contributed by atoms with Crippen LogP contribution in [0.4, 0.5) is 6.01 Å². The molecule has 0 spiro atoms. The standard InChI is InChI=1S/C18H17N3O4/c1-23-15-10-6-5-9-14(15)17-20-21-18(25-17)19-16(22)11-12-24-13-7-3-2-4-8-13/h2-10H,11-12H2,1H3,(H,19,21,22). The highest BCUT2D eigenvalue weighted by molar-refractivity contribution is 5.88. The van der Waals surface area contributed by atoms with Gasteiger partial charge in [0.2, 0.25) is 5.91 Å². The van der Waals surface area contributed by atoms with E-state index in [2.05, 4.69) is 15.5 Å². The Kier molecular flexibility index (Phi) is 5.26. The van der Waals surface area contributed by atoms with Crippen molar-refractivity contribution in [3.8, 4) is 23.0 Å². The van der Waals surface area contributed by atoms with Gasteiger partial charge < -0.3 is 13.9 Å². The van der Waals surface area contributed by atoms with E-state index in [-0.39, 0.29) is 30.8 Å². The van der Waals surface area contributed by atoms with Gasteiger partial charge >= 0.3 is 6.01 Å². The average molecular weight is 339 g/mol. The van der Waals surface area contributed by atoms with E-state index in [9.17, 15) is 4.79 Å². The number of carbonyl (C=O) groups excluding carboxylic acids is 1. The number of hydrogen-bond donors (Lipinski definition) is 1. The molecule has 1 heterocycles. The molecular formula is C18H17N3O4. The second-order valence-corrected chi connectivity index (χ2v) is 5.07. The Labute approximate surface area is 144 Å². The maximum absolute atomic E-state index is 11.9. The molecule has 0 unspecified atom stereocenters. The van der Waals surface area contributed by atoms with E-state index in [1.165, 1.54) is 0 Å². The summed E-state index contributed by atoms with van der Waals surface area (Å²) >= 11 is 0. The summed E-state index contributed by atoms with van der Waals surface area (Å²) in [6, 6.07) is 16.6. The van der Waals surface area contributed by atoms with Crippen LogP contribution in [-0.2, 0) is 4.79 Å². The van der Waals surface area contributed by atoms with Gasteiger partial charge in [-0.15, -0.1) is 5.10 Å². The number of para-hydroxylation sites is 2. The number of rotatable bonds is 7. The second kappa shape index (κ2) is 7.96. The number of aromatic nitrogens is 2. The molecule has 0 aliphatic rings. The summed E-state index contributed by atoms with van der Waals surface area (Å²) in [5.41, 5.74) is 0.658. The van der Waals surface area contributed by atoms with Gasteiger partial charge in [0.25, 0.3) is 5.89 Å². The van der Waals surface area contributed by atoms with Crippen molar-refractivity contribution >= 4 is 11.9 Å². The number of methoxy groups -OCH3 is 1. The van der Waals surface area contributed by atoms with Crippen molar-refractivity contribution in [3.63, 3.8) is 0 Å². The van der Waals surface area contributed by atoms with Crippen LogP contribution in [0.3, 0.4) is 0 Å². The molecule has 7 heteroatoms. The molecule has 0 aliphatic carbocycles. The zero-order chi connectivity index (χ0) is 17.5. The van der Waals surface area contributed by atoms with Crippen LogP contribution in [0.1, 0.15) is 6.42 Å². The van der Waals surface area contributed by atoms with Gasteiger partial charge in [0.1, 0.15) is 11.5 Å². The van der Waals surface area contributed by atoms with Crippen LogP contribution in [0, 0.1) is 0 Å². The molecule has 128 valence electrons. The largest absolute Gasteiger partial charge is 0.496 e. The van der Waals surface area contributed by atoms with Gasteiger partial charge in [-0.2, -0.15) is 0 Å². The summed E-state index contributed by atoms with van der Waals surface area (Å²) in [6.45, 7) is 0.253. The van der Waals surface area contributed by atoms with Crippen LogP contribution in [0.2, 0.25) is 0 Å². The van der Waals surface area contributed by atoms with E-state index in [1.807, 2.05) is 42.5 Å². The quantitative estimate of drug-likeness (QED) is 0.711. The first-order valence-corrected chi connectivity index (χ1v) is 7.71. The Morgan fingerprint density at radius 2 is 1.84 bits per heavy atom. The maximum Gasteiger partial charge on any atom is 0.322 e. The van der Waals surface area contributed by atoms with Crippen molar-refractivity contribution in [1.82, 2.24) is 10.2 Å². The minimum absolute atomic E-state index is 0.0330. The second-order valence-electron chi connectivity index (χ2n) is 5.07. The van der Waals surface area contributed by atoms with Gasteiger partial charge in [-0.3, -0.25) is 10.1 Å². The predicted octanol–water partition coefficient (Wildman–Crippen LogP) is 3.15. The summed E-state index contributed by atoms with van der Waals surface area (Å²) in [6.07, 6.45) is 0.168. The predicted molar refractivity (Wildman–Crippen MR) is 91.5 cm³/mol. The molecule has 0 fully saturated rings. The zero-order valence-electron chi connectivity index (χ0n) is 13.6. The highest BCUT2D eigenvalue weighted by Gasteiger charge is 2.14. The third-order valence-corrected chi connectivity index (χ3v) is 3.35. The fourth-order valence-electron chi connectivity index (χ4n) is 2.16. The lowest BCUT2D eigenvalue weighted by Gasteiger charge is -2.05. The Morgan fingerprint density at radius 1 is 1.08 bits per heavy atom. The molecule has 7 nitrogen and oxygen atoms in total. The molecule has 3 rings (SSSR count). The topological polar surface area (TPSA) is 86.5 Å². The highest BCUT2D eigenvalue weighted by atomic mass is 16.5. The molecule has 25 heavy (non-hydrogen) atoms. The van der Waals surface area contributed by atoms with Gasteiger partial charge in [0, 0.05) is 0 Å². The van der Waals surface area contributed by atoms with E-state index in [4.69, 9.17) is 13.9 Å². The average Bonchev–Trinajstić information content (AvgIpc) is 3.10. The van der Waals surface area contributed by atoms with Crippen molar-refractivity contribution < 1.29 is 18.7 Å². The minimum Gasteiger partial charge on any atom is -0.496 e. The Hall–Kier alpha value is -3.35. The summed E-state index contributed by atoms with van der Waals surface area (Å²) in [7, 11) is 1.56. The summed E-state index contributed by atoms with van der Waals surface area (Å²) in [5, 5.41) is 10.3. The van der Waals surface area contributed by atoms with E-state index >= 15 is 0 Å². The SMILES string of the molecule is COc1ccccc1-c1nnc(NC(=O)CCOc2ccccc2)o1. The number of carbonyl (C=O) groups is 1. The molecule has 1 aromatic heterocycles. The molecule has 0 atom stereocenters. The lowest BCUT2D eigenvalue weighted by molar-refractivity contribution is -0.116. The fourth-order valence-corrected chi connectivity index (χ4v) is 2.16. The number of benzene rings is 2. The first-order valence-electron chi connectivity index (χ1n) is 7.71. The molecule has 0 saturated carbocycles. The molecule has 0 saturated heterocycles. The third-order valence-electron chi connectivity index (χ3n) is 3.35. The molecule has 0 aliphatic heterocycles. The number of anilines is 1. The van der Waals surface area contributed by atoms with Gasteiger partial charge in [-0.05, 0) is 24.3 Å². The van der Waals surface area contributed by atoms with Crippen LogP contribution in [0.25, 0.3) is 11.5 Å². The van der Waals surface area contributed by atoms with Crippen LogP contribution < -0.4 is 14.8 Å². The number of amides is 1. The van der Waals surface area contributed by atoms with E-state index in [0.717, 1.165) is 0 Å². The molecule has 3 aromatic rings. The lowest BCUT2D eigenvalue weighted by atomic mass is 10.2. The molecule has 0 bridgehead atoms. The van der Waals surface area contributed by atoms with E-state index < -0.39 is 0 Å². The smallest absolute Gasteiger partial charge is 0.322 e. The summed E-state index contributed by atoms with van der Waals surface area (Å²) in [4.78, 5) is 11.9. The summed E-state index contributed by atoms with van der Waals surface area (Å²) in [5.74, 6) is 1.33. The number of nitrogens with one attached hydrogen (secondary N) is 1. The molecular weight excluding hydrogens is 322 g/mol. The van der Waals surface area contributed by atoms with Crippen molar-refractivity contribution in [2.75, 3.05) is 19.0 Å². The van der Waals surface area contributed by atoms with Gasteiger partial charge in [0.05, 0.1) is 25.7 Å². The maximum atomic E-state index is 11.9. The molecule has 2 aromatic carbocycles. The van der Waals surface area contributed by atoms with Crippen LogP contribution >= 0.6 is 0 Å². The zero-order valence-corrected chi connectivity index (χ0v) is 13.6. The first kappa shape index (κ1) is 16.5. The molecule has 1 amide bonds. The van der Waals surface area contributed by atoms with Crippen LogP contribution in [-0.4, -0.2) is 29.8 Å². The Bertz CT molecular complexity index is 833. The lowest BCUT2D eigenvalue weighted by Crippen LogP contribution is -2.15. The van der Waals surface area contributed by atoms with E-state index in [0.29, 0.717) is 17.1 Å². The Morgan fingerprint density at radius 3 is 2.64 bits per heavy atom. The van der Waals surface area contributed by atoms with Crippen molar-refractivity contribution in [2.24, 2.45) is 0 Å². The van der Waals surface area contributed by atoms with Crippen molar-refractivity contribution in [1.29, 1.82) is 0 Å².